The Labute approximate surface area is 159 Å². The number of likely N-dealkylation sites (N-methyl/N-ethyl adjacent to an activating group) is 1. The van der Waals surface area contributed by atoms with E-state index in [1.807, 2.05) is 36.4 Å². The van der Waals surface area contributed by atoms with Crippen molar-refractivity contribution < 1.29 is 36.1 Å². The number of halogens is 1. The normalized spacial score (nSPS) is 19.1. The van der Waals surface area contributed by atoms with E-state index in [1.165, 1.54) is 0 Å². The van der Waals surface area contributed by atoms with Crippen LogP contribution in [0.5, 0.6) is 0 Å². The topological polar surface area (TPSA) is 46.5 Å². The Morgan fingerprint density at radius 2 is 1.52 bits per heavy atom. The van der Waals surface area contributed by atoms with Gasteiger partial charge in [0.05, 0.1) is 20.6 Å². The molecule has 0 aromatic heterocycles. The molecular weight excluding hydrogens is 382 g/mol. The quantitative estimate of drug-likeness (QED) is 0.541. The molecule has 1 aliphatic rings. The second kappa shape index (κ2) is 7.68. The summed E-state index contributed by atoms with van der Waals surface area (Å²) in [4.78, 5) is 13.0. The van der Waals surface area contributed by atoms with Gasteiger partial charge in [-0.05, 0) is 11.1 Å². The highest BCUT2D eigenvalue weighted by molar-refractivity contribution is 5.85. The third-order valence-electron chi connectivity index (χ3n) is 4.71. The maximum absolute atomic E-state index is 13.0. The maximum atomic E-state index is 13.0. The first-order valence-electron chi connectivity index (χ1n) is 8.28. The molecule has 5 heteroatoms. The lowest BCUT2D eigenvalue weighted by molar-refractivity contribution is -0.879. The molecule has 1 N–H and O–H groups in total. The highest BCUT2D eigenvalue weighted by Gasteiger charge is 2.44. The number of carbonyl (C=O) groups excluding carboxylic acids is 1. The van der Waals surface area contributed by atoms with Crippen LogP contribution < -0.4 is 17.0 Å². The molecule has 1 saturated heterocycles. The molecule has 3 rings (SSSR count). The number of benzene rings is 2. The van der Waals surface area contributed by atoms with E-state index in [9.17, 15) is 9.90 Å². The summed E-state index contributed by atoms with van der Waals surface area (Å²) in [6, 6.07) is 18.0. The van der Waals surface area contributed by atoms with Gasteiger partial charge in [0.1, 0.15) is 6.54 Å². The Balaban J connectivity index is 0.00000225. The molecule has 0 spiro atoms. The summed E-state index contributed by atoms with van der Waals surface area (Å²) in [6.07, 6.45) is 0.657. The van der Waals surface area contributed by atoms with Crippen molar-refractivity contribution in [2.45, 2.75) is 18.1 Å². The first-order valence-corrected chi connectivity index (χ1v) is 8.28. The van der Waals surface area contributed by atoms with Gasteiger partial charge in [-0.15, -0.1) is 0 Å². The van der Waals surface area contributed by atoms with Crippen LogP contribution in [0.2, 0.25) is 0 Å². The minimum atomic E-state index is -1.79. The Morgan fingerprint density at radius 3 is 1.92 bits per heavy atom. The number of rotatable bonds is 4. The Morgan fingerprint density at radius 1 is 1.04 bits per heavy atom. The van der Waals surface area contributed by atoms with E-state index < -0.39 is 11.6 Å². The van der Waals surface area contributed by atoms with Crippen LogP contribution in [0.1, 0.15) is 17.5 Å². The number of aliphatic hydroxyl groups is 1. The van der Waals surface area contributed by atoms with Crippen LogP contribution in [0, 0.1) is 0 Å². The number of hydrogen-bond acceptors (Lipinski definition) is 3. The zero-order chi connectivity index (χ0) is 17.2. The van der Waals surface area contributed by atoms with Crippen LogP contribution in [-0.2, 0) is 15.1 Å². The smallest absolute Gasteiger partial charge is 0.348 e. The van der Waals surface area contributed by atoms with Gasteiger partial charge in [0.25, 0.3) is 0 Å². The molecule has 134 valence electrons. The van der Waals surface area contributed by atoms with E-state index in [0.29, 0.717) is 11.1 Å². The third kappa shape index (κ3) is 4.11. The SMILES string of the molecule is C[N+]1(C)CC[C@H](OC(=O)C(O)(c2ccccc2)c2ccccc2)C1.[Br-]. The van der Waals surface area contributed by atoms with Crippen LogP contribution in [0.3, 0.4) is 0 Å². The molecule has 0 unspecified atom stereocenters. The summed E-state index contributed by atoms with van der Waals surface area (Å²) in [6.45, 7) is 1.73. The summed E-state index contributed by atoms with van der Waals surface area (Å²) < 4.78 is 6.54. The number of likely N-dealkylation sites (tertiary alicyclic amines) is 1. The molecule has 25 heavy (non-hydrogen) atoms. The van der Waals surface area contributed by atoms with Gasteiger partial charge in [-0.3, -0.25) is 0 Å². The lowest BCUT2D eigenvalue weighted by Gasteiger charge is -2.29. The summed E-state index contributed by atoms with van der Waals surface area (Å²) in [5, 5.41) is 11.3. The predicted octanol–water partition coefficient (Wildman–Crippen LogP) is -0.682. The highest BCUT2D eigenvalue weighted by atomic mass is 79.9. The Bertz CT molecular complexity index is 664. The Kier molecular flexibility index (Phi) is 6.03. The number of ether oxygens (including phenoxy) is 1. The molecule has 4 nitrogen and oxygen atoms in total. The van der Waals surface area contributed by atoms with Crippen molar-refractivity contribution in [3.05, 3.63) is 71.8 Å². The summed E-state index contributed by atoms with van der Waals surface area (Å²) >= 11 is 0. The van der Waals surface area contributed by atoms with Crippen LogP contribution in [0.4, 0.5) is 0 Å². The lowest BCUT2D eigenvalue weighted by Crippen LogP contribution is -3.00. The lowest BCUT2D eigenvalue weighted by atomic mass is 9.86. The van der Waals surface area contributed by atoms with Gasteiger partial charge in [-0.25, -0.2) is 4.79 Å². The summed E-state index contributed by atoms with van der Waals surface area (Å²) in [7, 11) is 4.24. The first-order chi connectivity index (χ1) is 11.4. The minimum Gasteiger partial charge on any atom is -1.00 e. The Hall–Kier alpha value is -1.69. The third-order valence-corrected chi connectivity index (χ3v) is 4.71. The fraction of sp³-hybridized carbons (Fsp3) is 0.350. The zero-order valence-electron chi connectivity index (χ0n) is 14.6. The van der Waals surface area contributed by atoms with Crippen LogP contribution in [0.25, 0.3) is 0 Å². The van der Waals surface area contributed by atoms with E-state index >= 15 is 0 Å². The van der Waals surface area contributed by atoms with E-state index in [0.717, 1.165) is 24.0 Å². The van der Waals surface area contributed by atoms with Crippen LogP contribution in [-0.4, -0.2) is 48.8 Å². The van der Waals surface area contributed by atoms with E-state index in [1.54, 1.807) is 24.3 Å². The second-order valence-corrected chi connectivity index (χ2v) is 7.10. The number of nitrogens with zero attached hydrogens (tertiary/aromatic N) is 1. The largest absolute Gasteiger partial charge is 1.00 e. The van der Waals surface area contributed by atoms with E-state index in [-0.39, 0.29) is 23.1 Å². The number of carbonyl (C=O) groups is 1. The molecule has 1 fully saturated rings. The molecule has 2 aromatic rings. The second-order valence-electron chi connectivity index (χ2n) is 7.10. The molecule has 0 aliphatic carbocycles. The molecule has 0 radical (unpaired) electrons. The molecule has 1 atom stereocenters. The molecule has 2 aromatic carbocycles. The average molecular weight is 406 g/mol. The van der Waals surface area contributed by atoms with Gasteiger partial charge in [-0.2, -0.15) is 0 Å². The van der Waals surface area contributed by atoms with Crippen LogP contribution >= 0.6 is 0 Å². The first kappa shape index (κ1) is 19.6. The molecule has 0 saturated carbocycles. The summed E-state index contributed by atoms with van der Waals surface area (Å²) in [5.41, 5.74) is -0.747. The van der Waals surface area contributed by atoms with Crippen LogP contribution in [0.15, 0.2) is 60.7 Å². The molecule has 1 heterocycles. The summed E-state index contributed by atoms with van der Waals surface area (Å²) in [5.74, 6) is -0.605. The maximum Gasteiger partial charge on any atom is 0.348 e. The predicted molar refractivity (Wildman–Crippen MR) is 92.2 cm³/mol. The fourth-order valence-electron chi connectivity index (χ4n) is 3.32. The fourth-order valence-corrected chi connectivity index (χ4v) is 3.32. The van der Waals surface area contributed by atoms with Crippen molar-refractivity contribution in [2.75, 3.05) is 27.2 Å². The molecule has 0 amide bonds. The average Bonchev–Trinajstić information content (AvgIpc) is 2.94. The standard InChI is InChI=1S/C20H24NO3.BrH/c1-21(2)14-13-18(15-21)24-19(22)20(23,16-9-5-3-6-10-16)17-11-7-4-8-12-17;/h3-12,18,23H,13-15H2,1-2H3;1H/q+1;/p-1/t18-;/m0./s1. The van der Waals surface area contributed by atoms with Crippen molar-refractivity contribution in [2.24, 2.45) is 0 Å². The molecule has 0 bridgehead atoms. The molecular formula is C20H24BrNO3. The zero-order valence-corrected chi connectivity index (χ0v) is 16.1. The van der Waals surface area contributed by atoms with Crippen molar-refractivity contribution in [3.8, 4) is 0 Å². The minimum absolute atomic E-state index is 0. The highest BCUT2D eigenvalue weighted by Crippen LogP contribution is 2.32. The van der Waals surface area contributed by atoms with Crippen molar-refractivity contribution in [3.63, 3.8) is 0 Å². The van der Waals surface area contributed by atoms with Crippen molar-refractivity contribution >= 4 is 5.97 Å². The van der Waals surface area contributed by atoms with Gasteiger partial charge in [0, 0.05) is 6.42 Å². The number of quaternary nitrogens is 1. The van der Waals surface area contributed by atoms with Gasteiger partial charge >= 0.3 is 5.97 Å². The van der Waals surface area contributed by atoms with Gasteiger partial charge in [0.2, 0.25) is 5.60 Å². The van der Waals surface area contributed by atoms with E-state index in [2.05, 4.69) is 14.1 Å². The monoisotopic (exact) mass is 405 g/mol. The van der Waals surface area contributed by atoms with Crippen molar-refractivity contribution in [1.82, 2.24) is 0 Å². The number of hydrogen-bond donors (Lipinski definition) is 1. The van der Waals surface area contributed by atoms with Crippen molar-refractivity contribution in [1.29, 1.82) is 0 Å². The molecule has 1 aliphatic heterocycles. The van der Waals surface area contributed by atoms with E-state index in [4.69, 9.17) is 4.74 Å². The van der Waals surface area contributed by atoms with Gasteiger partial charge in [0.15, 0.2) is 6.10 Å². The van der Waals surface area contributed by atoms with Gasteiger partial charge < -0.3 is 31.3 Å². The number of esters is 1. The van der Waals surface area contributed by atoms with Gasteiger partial charge in [-0.1, -0.05) is 60.7 Å².